The number of fused-ring (bicyclic) bond motifs is 1. The minimum Gasteiger partial charge on any atom is -0.314 e. The minimum atomic E-state index is -3.56. The Kier molecular flexibility index (Phi) is 5.08. The molecule has 2 aliphatic rings. The standard InChI is InChI=1S/C21H30N4O2S/c1-21(2,3)16-10-12-17(13-11-16)28(26,27)25-15-7-8-18(25)20-23-22-19-9-5-4-6-14-24(19)20/h10-13,18H,4-9,14-15H2,1-3H3. The summed E-state index contributed by atoms with van der Waals surface area (Å²) in [5.41, 5.74) is 1.13. The molecule has 1 aromatic heterocycles. The molecule has 1 saturated heterocycles. The molecule has 2 aromatic rings. The Morgan fingerprint density at radius 1 is 0.964 bits per heavy atom. The van der Waals surface area contributed by atoms with Crippen LogP contribution in [0.5, 0.6) is 0 Å². The largest absolute Gasteiger partial charge is 0.314 e. The predicted octanol–water partition coefficient (Wildman–Crippen LogP) is 3.83. The molecule has 1 atom stereocenters. The van der Waals surface area contributed by atoms with Gasteiger partial charge in [0.2, 0.25) is 10.0 Å². The van der Waals surface area contributed by atoms with E-state index in [1.54, 1.807) is 16.4 Å². The lowest BCUT2D eigenvalue weighted by atomic mass is 9.87. The van der Waals surface area contributed by atoms with Gasteiger partial charge < -0.3 is 4.57 Å². The summed E-state index contributed by atoms with van der Waals surface area (Å²) in [4.78, 5) is 0.364. The van der Waals surface area contributed by atoms with E-state index < -0.39 is 10.0 Å². The van der Waals surface area contributed by atoms with E-state index in [1.165, 1.54) is 6.42 Å². The SMILES string of the molecule is CC(C)(C)c1ccc(S(=O)(=O)N2CCCC2c2nnc3n2CCCCC3)cc1. The summed E-state index contributed by atoms with van der Waals surface area (Å²) in [7, 11) is -3.56. The molecule has 0 saturated carbocycles. The highest BCUT2D eigenvalue weighted by molar-refractivity contribution is 7.89. The van der Waals surface area contributed by atoms with E-state index in [9.17, 15) is 8.42 Å². The smallest absolute Gasteiger partial charge is 0.243 e. The fraction of sp³-hybridized carbons (Fsp3) is 0.619. The van der Waals surface area contributed by atoms with Gasteiger partial charge in [-0.25, -0.2) is 8.42 Å². The average Bonchev–Trinajstić information content (AvgIpc) is 3.22. The molecule has 0 radical (unpaired) electrons. The summed E-state index contributed by atoms with van der Waals surface area (Å²) in [6.45, 7) is 7.82. The van der Waals surface area contributed by atoms with Crippen molar-refractivity contribution >= 4 is 10.0 Å². The van der Waals surface area contributed by atoms with Crippen LogP contribution in [0.1, 0.15) is 76.1 Å². The zero-order valence-corrected chi connectivity index (χ0v) is 17.9. The molecule has 28 heavy (non-hydrogen) atoms. The van der Waals surface area contributed by atoms with Gasteiger partial charge in [0, 0.05) is 19.5 Å². The third-order valence-corrected chi connectivity index (χ3v) is 7.89. The molecule has 0 aliphatic carbocycles. The Balaban J connectivity index is 1.65. The van der Waals surface area contributed by atoms with E-state index in [-0.39, 0.29) is 11.5 Å². The minimum absolute atomic E-state index is 0.00242. The summed E-state index contributed by atoms with van der Waals surface area (Å²) in [5, 5.41) is 8.81. The van der Waals surface area contributed by atoms with Crippen LogP contribution in [0.25, 0.3) is 0 Å². The number of aryl methyl sites for hydroxylation is 1. The maximum absolute atomic E-state index is 13.4. The van der Waals surface area contributed by atoms with Crippen molar-refractivity contribution in [1.29, 1.82) is 0 Å². The molecule has 3 heterocycles. The van der Waals surface area contributed by atoms with E-state index >= 15 is 0 Å². The van der Waals surface area contributed by atoms with Crippen molar-refractivity contribution in [3.63, 3.8) is 0 Å². The van der Waals surface area contributed by atoms with E-state index in [4.69, 9.17) is 0 Å². The van der Waals surface area contributed by atoms with Crippen LogP contribution in [0.3, 0.4) is 0 Å². The molecule has 0 bridgehead atoms. The van der Waals surface area contributed by atoms with Crippen LogP contribution in [0.15, 0.2) is 29.2 Å². The first-order chi connectivity index (χ1) is 13.3. The summed E-state index contributed by atoms with van der Waals surface area (Å²) in [6, 6.07) is 7.14. The maximum Gasteiger partial charge on any atom is 0.243 e. The Bertz CT molecular complexity index is 942. The number of hydrogen-bond acceptors (Lipinski definition) is 4. The van der Waals surface area contributed by atoms with Crippen LogP contribution < -0.4 is 0 Å². The van der Waals surface area contributed by atoms with Crippen LogP contribution in [-0.4, -0.2) is 34.0 Å². The van der Waals surface area contributed by atoms with Gasteiger partial charge in [-0.15, -0.1) is 10.2 Å². The van der Waals surface area contributed by atoms with Crippen LogP contribution in [0, 0.1) is 0 Å². The predicted molar refractivity (Wildman–Crippen MR) is 109 cm³/mol. The highest BCUT2D eigenvalue weighted by atomic mass is 32.2. The lowest BCUT2D eigenvalue weighted by Crippen LogP contribution is -2.32. The second kappa shape index (κ2) is 7.26. The van der Waals surface area contributed by atoms with Crippen molar-refractivity contribution in [1.82, 2.24) is 19.1 Å². The number of sulfonamides is 1. The van der Waals surface area contributed by atoms with E-state index in [0.717, 1.165) is 55.9 Å². The van der Waals surface area contributed by atoms with Gasteiger partial charge in [0.05, 0.1) is 10.9 Å². The summed E-state index contributed by atoms with van der Waals surface area (Å²) in [6.07, 6.45) is 6.01. The second-order valence-corrected chi connectivity index (χ2v) is 10.9. The molecule has 1 unspecified atom stereocenters. The molecular weight excluding hydrogens is 372 g/mol. The lowest BCUT2D eigenvalue weighted by Gasteiger charge is -2.25. The van der Waals surface area contributed by atoms with Crippen molar-refractivity contribution in [3.05, 3.63) is 41.5 Å². The van der Waals surface area contributed by atoms with Gasteiger partial charge in [-0.05, 0) is 48.8 Å². The molecule has 1 fully saturated rings. The van der Waals surface area contributed by atoms with Crippen molar-refractivity contribution in [2.24, 2.45) is 0 Å². The van der Waals surface area contributed by atoms with E-state index in [1.807, 2.05) is 12.1 Å². The molecule has 6 nitrogen and oxygen atoms in total. The zero-order valence-electron chi connectivity index (χ0n) is 17.1. The Hall–Kier alpha value is -1.73. The van der Waals surface area contributed by atoms with Gasteiger partial charge in [-0.3, -0.25) is 0 Å². The Labute approximate surface area is 168 Å². The first kappa shape index (κ1) is 19.6. The number of aromatic nitrogens is 3. The highest BCUT2D eigenvalue weighted by Gasteiger charge is 2.39. The van der Waals surface area contributed by atoms with Gasteiger partial charge in [0.15, 0.2) is 5.82 Å². The molecule has 0 amide bonds. The average molecular weight is 403 g/mol. The van der Waals surface area contributed by atoms with Gasteiger partial charge in [0.25, 0.3) is 0 Å². The molecule has 4 rings (SSSR count). The molecule has 2 aliphatic heterocycles. The van der Waals surface area contributed by atoms with E-state index in [2.05, 4.69) is 35.5 Å². The summed E-state index contributed by atoms with van der Waals surface area (Å²) < 4.78 is 30.6. The van der Waals surface area contributed by atoms with Gasteiger partial charge in [0.1, 0.15) is 5.82 Å². The molecule has 0 N–H and O–H groups in total. The fourth-order valence-electron chi connectivity index (χ4n) is 4.30. The monoisotopic (exact) mass is 402 g/mol. The second-order valence-electron chi connectivity index (χ2n) is 8.98. The number of hydrogen-bond donors (Lipinski definition) is 0. The van der Waals surface area contributed by atoms with Gasteiger partial charge >= 0.3 is 0 Å². The number of benzene rings is 1. The topological polar surface area (TPSA) is 68.1 Å². The zero-order chi connectivity index (χ0) is 19.9. The quantitative estimate of drug-likeness (QED) is 0.782. The normalized spacial score (nSPS) is 21.5. The Morgan fingerprint density at radius 3 is 2.43 bits per heavy atom. The highest BCUT2D eigenvalue weighted by Crippen LogP contribution is 2.37. The molecule has 1 aromatic carbocycles. The van der Waals surface area contributed by atoms with Crippen molar-refractivity contribution < 1.29 is 8.42 Å². The summed E-state index contributed by atoms with van der Waals surface area (Å²) >= 11 is 0. The molecular formula is C21H30N4O2S. The van der Waals surface area contributed by atoms with Crippen LogP contribution >= 0.6 is 0 Å². The van der Waals surface area contributed by atoms with Crippen LogP contribution in [0.4, 0.5) is 0 Å². The molecule has 152 valence electrons. The molecule has 7 heteroatoms. The first-order valence-corrected chi connectivity index (χ1v) is 11.8. The van der Waals surface area contributed by atoms with Gasteiger partial charge in [-0.2, -0.15) is 4.31 Å². The third-order valence-electron chi connectivity index (χ3n) is 5.97. The maximum atomic E-state index is 13.4. The number of rotatable bonds is 3. The van der Waals surface area contributed by atoms with E-state index in [0.29, 0.717) is 11.4 Å². The Morgan fingerprint density at radius 2 is 1.71 bits per heavy atom. The van der Waals surface area contributed by atoms with Crippen molar-refractivity contribution in [2.45, 2.75) is 82.2 Å². The lowest BCUT2D eigenvalue weighted by molar-refractivity contribution is 0.370. The van der Waals surface area contributed by atoms with Crippen LogP contribution in [-0.2, 0) is 28.4 Å². The summed E-state index contributed by atoms with van der Waals surface area (Å²) in [5.74, 6) is 1.83. The van der Waals surface area contributed by atoms with Crippen molar-refractivity contribution in [3.8, 4) is 0 Å². The fourth-order valence-corrected chi connectivity index (χ4v) is 5.96. The van der Waals surface area contributed by atoms with Crippen molar-refractivity contribution in [2.75, 3.05) is 6.54 Å². The third kappa shape index (κ3) is 3.50. The van der Waals surface area contributed by atoms with Gasteiger partial charge in [-0.1, -0.05) is 39.3 Å². The van der Waals surface area contributed by atoms with Crippen LogP contribution in [0.2, 0.25) is 0 Å². The first-order valence-electron chi connectivity index (χ1n) is 10.3. The molecule has 0 spiro atoms. The number of nitrogens with zero attached hydrogens (tertiary/aromatic N) is 4.